The Labute approximate surface area is 116 Å². The molecule has 0 aliphatic heterocycles. The lowest BCUT2D eigenvalue weighted by molar-refractivity contribution is 0.550. The highest BCUT2D eigenvalue weighted by Crippen LogP contribution is 2.29. The Kier molecular flexibility index (Phi) is 4.75. The van der Waals surface area contributed by atoms with Crippen LogP contribution in [-0.2, 0) is 6.54 Å². The maximum absolute atomic E-state index is 4.68. The van der Waals surface area contributed by atoms with E-state index < -0.39 is 0 Å². The summed E-state index contributed by atoms with van der Waals surface area (Å²) < 4.78 is 0. The summed E-state index contributed by atoms with van der Waals surface area (Å²) in [5.74, 6) is 1.57. The highest BCUT2D eigenvalue weighted by atomic mass is 15.3. The van der Waals surface area contributed by atoms with Crippen LogP contribution in [0.15, 0.2) is 6.20 Å². The van der Waals surface area contributed by atoms with E-state index in [1.165, 1.54) is 18.4 Å². The van der Waals surface area contributed by atoms with E-state index >= 15 is 0 Å². The summed E-state index contributed by atoms with van der Waals surface area (Å²) in [7, 11) is 0. The zero-order chi connectivity index (χ0) is 13.8. The molecule has 0 aromatic carbocycles. The van der Waals surface area contributed by atoms with Crippen molar-refractivity contribution in [3.63, 3.8) is 0 Å². The highest BCUT2D eigenvalue weighted by molar-refractivity contribution is 5.36. The first-order valence-electron chi connectivity index (χ1n) is 7.41. The van der Waals surface area contributed by atoms with Gasteiger partial charge in [0.25, 0.3) is 0 Å². The van der Waals surface area contributed by atoms with Gasteiger partial charge in [-0.05, 0) is 39.2 Å². The van der Waals surface area contributed by atoms with Gasteiger partial charge < -0.3 is 10.2 Å². The second-order valence-corrected chi connectivity index (χ2v) is 5.82. The van der Waals surface area contributed by atoms with E-state index in [9.17, 15) is 0 Å². The van der Waals surface area contributed by atoms with Crippen LogP contribution in [0.2, 0.25) is 0 Å². The third-order valence-electron chi connectivity index (χ3n) is 3.52. The van der Waals surface area contributed by atoms with Gasteiger partial charge in [0.2, 0.25) is 5.95 Å². The number of aromatic nitrogens is 2. The van der Waals surface area contributed by atoms with Crippen LogP contribution < -0.4 is 10.2 Å². The number of nitrogens with one attached hydrogen (secondary N) is 1. The van der Waals surface area contributed by atoms with Crippen molar-refractivity contribution in [1.82, 2.24) is 15.3 Å². The van der Waals surface area contributed by atoms with Crippen molar-refractivity contribution in [2.24, 2.45) is 5.92 Å². The molecule has 1 N–H and O–H groups in total. The molecule has 0 radical (unpaired) electrons. The fourth-order valence-electron chi connectivity index (χ4n) is 2.24. The molecule has 1 aliphatic carbocycles. The summed E-state index contributed by atoms with van der Waals surface area (Å²) in [5.41, 5.74) is 2.30. The smallest absolute Gasteiger partial charge is 0.225 e. The van der Waals surface area contributed by atoms with Crippen LogP contribution in [0.3, 0.4) is 0 Å². The largest absolute Gasteiger partial charge is 0.338 e. The molecular formula is C15H26N4. The second kappa shape index (κ2) is 6.33. The van der Waals surface area contributed by atoms with Crippen molar-refractivity contribution in [2.45, 2.75) is 53.1 Å². The first-order valence-corrected chi connectivity index (χ1v) is 7.41. The molecule has 4 heteroatoms. The number of rotatable bonds is 7. The third-order valence-corrected chi connectivity index (χ3v) is 3.52. The van der Waals surface area contributed by atoms with Crippen LogP contribution in [-0.4, -0.2) is 29.1 Å². The molecular weight excluding hydrogens is 236 g/mol. The average molecular weight is 262 g/mol. The van der Waals surface area contributed by atoms with Gasteiger partial charge in [0.15, 0.2) is 0 Å². The van der Waals surface area contributed by atoms with Gasteiger partial charge >= 0.3 is 0 Å². The van der Waals surface area contributed by atoms with E-state index in [-0.39, 0.29) is 0 Å². The Balaban J connectivity index is 1.99. The van der Waals surface area contributed by atoms with Gasteiger partial charge in [-0.1, -0.05) is 13.8 Å². The lowest BCUT2D eigenvalue weighted by Gasteiger charge is -2.21. The Hall–Kier alpha value is -1.16. The predicted octanol–water partition coefficient (Wildman–Crippen LogP) is 2.52. The van der Waals surface area contributed by atoms with Gasteiger partial charge in [-0.2, -0.15) is 0 Å². The Morgan fingerprint density at radius 3 is 2.68 bits per heavy atom. The molecule has 2 rings (SSSR count). The number of anilines is 1. The second-order valence-electron chi connectivity index (χ2n) is 5.82. The maximum atomic E-state index is 4.68. The Morgan fingerprint density at radius 2 is 2.16 bits per heavy atom. The molecule has 0 unspecified atom stereocenters. The van der Waals surface area contributed by atoms with Gasteiger partial charge in [0, 0.05) is 36.6 Å². The summed E-state index contributed by atoms with van der Waals surface area (Å²) in [4.78, 5) is 11.5. The van der Waals surface area contributed by atoms with Crippen LogP contribution >= 0.6 is 0 Å². The van der Waals surface area contributed by atoms with Crippen LogP contribution in [0.5, 0.6) is 0 Å². The third kappa shape index (κ3) is 3.90. The highest BCUT2D eigenvalue weighted by Gasteiger charge is 2.29. The first kappa shape index (κ1) is 14.3. The quantitative estimate of drug-likeness (QED) is 0.820. The molecule has 1 aromatic rings. The van der Waals surface area contributed by atoms with Gasteiger partial charge in [-0.15, -0.1) is 0 Å². The zero-order valence-electron chi connectivity index (χ0n) is 12.6. The summed E-state index contributed by atoms with van der Waals surface area (Å²) in [5, 5.41) is 3.45. The van der Waals surface area contributed by atoms with Crippen molar-refractivity contribution in [3.05, 3.63) is 17.5 Å². The standard InChI is InChI=1S/C15H26N4/c1-5-19(14-6-7-14)15-17-10-13(12(4)18-15)9-16-8-11(2)3/h10-11,14,16H,5-9H2,1-4H3. The fourth-order valence-corrected chi connectivity index (χ4v) is 2.24. The van der Waals surface area contributed by atoms with Gasteiger partial charge in [-0.3, -0.25) is 0 Å². The SMILES string of the molecule is CCN(c1ncc(CNCC(C)C)c(C)n1)C1CC1. The molecule has 1 fully saturated rings. The maximum Gasteiger partial charge on any atom is 0.225 e. The monoisotopic (exact) mass is 262 g/mol. The summed E-state index contributed by atoms with van der Waals surface area (Å²) in [6.45, 7) is 11.6. The van der Waals surface area contributed by atoms with E-state index in [0.717, 1.165) is 31.3 Å². The molecule has 19 heavy (non-hydrogen) atoms. The molecule has 1 heterocycles. The molecule has 0 bridgehead atoms. The topological polar surface area (TPSA) is 41.1 Å². The van der Waals surface area contributed by atoms with Crippen LogP contribution in [0.4, 0.5) is 5.95 Å². The van der Waals surface area contributed by atoms with E-state index in [1.807, 2.05) is 6.20 Å². The number of hydrogen-bond donors (Lipinski definition) is 1. The Bertz CT molecular complexity index is 413. The van der Waals surface area contributed by atoms with Gasteiger partial charge in [0.1, 0.15) is 0 Å². The summed E-state index contributed by atoms with van der Waals surface area (Å²) in [6.07, 6.45) is 4.55. The molecule has 106 valence electrons. The number of nitrogens with zero attached hydrogens (tertiary/aromatic N) is 3. The van der Waals surface area contributed by atoms with E-state index in [1.54, 1.807) is 0 Å². The van der Waals surface area contributed by atoms with Gasteiger partial charge in [-0.25, -0.2) is 9.97 Å². The lowest BCUT2D eigenvalue weighted by atomic mass is 10.2. The molecule has 1 saturated carbocycles. The average Bonchev–Trinajstić information content (AvgIpc) is 3.17. The fraction of sp³-hybridized carbons (Fsp3) is 0.733. The van der Waals surface area contributed by atoms with Crippen LogP contribution in [0.25, 0.3) is 0 Å². The minimum Gasteiger partial charge on any atom is -0.338 e. The van der Waals surface area contributed by atoms with E-state index in [2.05, 4.69) is 47.9 Å². The lowest BCUT2D eigenvalue weighted by Crippen LogP contribution is -2.27. The molecule has 0 atom stereocenters. The van der Waals surface area contributed by atoms with Crippen LogP contribution in [0.1, 0.15) is 44.9 Å². The molecule has 0 saturated heterocycles. The predicted molar refractivity (Wildman–Crippen MR) is 79.4 cm³/mol. The molecule has 1 aliphatic rings. The number of hydrogen-bond acceptors (Lipinski definition) is 4. The molecule has 0 spiro atoms. The van der Waals surface area contributed by atoms with Crippen molar-refractivity contribution in [3.8, 4) is 0 Å². The van der Waals surface area contributed by atoms with Crippen molar-refractivity contribution in [1.29, 1.82) is 0 Å². The molecule has 0 amide bonds. The molecule has 4 nitrogen and oxygen atoms in total. The Morgan fingerprint density at radius 1 is 1.42 bits per heavy atom. The van der Waals surface area contributed by atoms with Crippen molar-refractivity contribution in [2.75, 3.05) is 18.0 Å². The first-order chi connectivity index (χ1) is 9.11. The van der Waals surface area contributed by atoms with Crippen molar-refractivity contribution < 1.29 is 0 Å². The summed E-state index contributed by atoms with van der Waals surface area (Å²) >= 11 is 0. The van der Waals surface area contributed by atoms with E-state index in [0.29, 0.717) is 12.0 Å². The minimum atomic E-state index is 0.672. The number of aryl methyl sites for hydroxylation is 1. The van der Waals surface area contributed by atoms with E-state index in [4.69, 9.17) is 0 Å². The normalized spacial score (nSPS) is 15.0. The zero-order valence-corrected chi connectivity index (χ0v) is 12.6. The van der Waals surface area contributed by atoms with Crippen LogP contribution in [0, 0.1) is 12.8 Å². The molecule has 1 aromatic heterocycles. The summed E-state index contributed by atoms with van der Waals surface area (Å²) in [6, 6.07) is 0.675. The van der Waals surface area contributed by atoms with Crippen molar-refractivity contribution >= 4 is 5.95 Å². The van der Waals surface area contributed by atoms with Gasteiger partial charge in [0.05, 0.1) is 0 Å². The minimum absolute atomic E-state index is 0.672.